The Morgan fingerprint density at radius 1 is 1.19 bits per heavy atom. The van der Waals surface area contributed by atoms with Crippen LogP contribution < -0.4 is 11.1 Å². The number of rotatable bonds is 8. The van der Waals surface area contributed by atoms with Crippen molar-refractivity contribution in [1.82, 2.24) is 5.32 Å². The predicted molar refractivity (Wildman–Crippen MR) is 80.4 cm³/mol. The van der Waals surface area contributed by atoms with Gasteiger partial charge in [0.05, 0.1) is 0 Å². The fraction of sp³-hybridized carbons (Fsp3) is 0.500. The van der Waals surface area contributed by atoms with Crippen molar-refractivity contribution in [3.63, 3.8) is 0 Å². The third-order valence-electron chi connectivity index (χ3n) is 3.15. The van der Waals surface area contributed by atoms with Gasteiger partial charge in [-0.15, -0.1) is 0 Å². The van der Waals surface area contributed by atoms with Crippen LogP contribution in [0.3, 0.4) is 0 Å². The van der Waals surface area contributed by atoms with Crippen LogP contribution in [0, 0.1) is 11.7 Å². The van der Waals surface area contributed by atoms with Crippen LogP contribution in [-0.2, 0) is 4.79 Å². The van der Waals surface area contributed by atoms with Crippen LogP contribution in [0.5, 0.6) is 0 Å². The quantitative estimate of drug-likeness (QED) is 0.722. The van der Waals surface area contributed by atoms with Crippen LogP contribution in [-0.4, -0.2) is 24.3 Å². The molecule has 3 N–H and O–H groups in total. The van der Waals surface area contributed by atoms with Crippen molar-refractivity contribution in [2.24, 2.45) is 11.7 Å². The molecular formula is C16H23FN2O2. The summed E-state index contributed by atoms with van der Waals surface area (Å²) < 4.78 is 12.8. The lowest BCUT2D eigenvalue weighted by atomic mass is 10.0. The molecule has 0 fully saturated rings. The molecular weight excluding hydrogens is 271 g/mol. The minimum Gasteiger partial charge on any atom is -0.352 e. The summed E-state index contributed by atoms with van der Waals surface area (Å²) in [5.41, 5.74) is 6.03. The number of carbonyl (C=O) groups is 2. The van der Waals surface area contributed by atoms with Crippen molar-refractivity contribution in [2.45, 2.75) is 39.2 Å². The van der Waals surface area contributed by atoms with Gasteiger partial charge in [-0.05, 0) is 36.6 Å². The van der Waals surface area contributed by atoms with Crippen LogP contribution in [0.2, 0.25) is 0 Å². The van der Waals surface area contributed by atoms with Crippen molar-refractivity contribution in [2.75, 3.05) is 6.54 Å². The molecule has 1 aromatic carbocycles. The second-order valence-electron chi connectivity index (χ2n) is 5.56. The summed E-state index contributed by atoms with van der Waals surface area (Å²) in [7, 11) is 0. The van der Waals surface area contributed by atoms with Crippen molar-refractivity contribution < 1.29 is 14.0 Å². The molecule has 0 aromatic heterocycles. The van der Waals surface area contributed by atoms with Gasteiger partial charge in [-0.3, -0.25) is 9.59 Å². The van der Waals surface area contributed by atoms with E-state index < -0.39 is 0 Å². The van der Waals surface area contributed by atoms with Crippen LogP contribution in [0.4, 0.5) is 4.39 Å². The lowest BCUT2D eigenvalue weighted by Gasteiger charge is -2.18. The van der Waals surface area contributed by atoms with E-state index in [1.165, 1.54) is 24.3 Å². The zero-order valence-corrected chi connectivity index (χ0v) is 12.6. The van der Waals surface area contributed by atoms with E-state index in [9.17, 15) is 14.0 Å². The molecule has 21 heavy (non-hydrogen) atoms. The number of ketones is 1. The Morgan fingerprint density at radius 3 is 2.33 bits per heavy atom. The highest BCUT2D eigenvalue weighted by Crippen LogP contribution is 2.08. The molecule has 1 atom stereocenters. The van der Waals surface area contributed by atoms with E-state index in [-0.39, 0.29) is 36.4 Å². The summed E-state index contributed by atoms with van der Waals surface area (Å²) in [4.78, 5) is 23.7. The van der Waals surface area contributed by atoms with Gasteiger partial charge in [0, 0.05) is 31.0 Å². The highest BCUT2D eigenvalue weighted by molar-refractivity contribution is 5.97. The molecule has 0 aliphatic carbocycles. The van der Waals surface area contributed by atoms with Gasteiger partial charge in [0.1, 0.15) is 5.82 Å². The van der Waals surface area contributed by atoms with E-state index >= 15 is 0 Å². The Bertz CT molecular complexity index is 472. The monoisotopic (exact) mass is 294 g/mol. The number of halogens is 1. The third-order valence-corrected chi connectivity index (χ3v) is 3.15. The number of Topliss-reactive ketones (excluding diaryl/α,β-unsaturated/α-hetero) is 1. The summed E-state index contributed by atoms with van der Waals surface area (Å²) in [5.74, 6) is -0.289. The van der Waals surface area contributed by atoms with Crippen LogP contribution in [0.1, 0.15) is 43.5 Å². The summed E-state index contributed by atoms with van der Waals surface area (Å²) in [6, 6.07) is 5.27. The Balaban J connectivity index is 2.41. The van der Waals surface area contributed by atoms with E-state index in [2.05, 4.69) is 19.2 Å². The largest absolute Gasteiger partial charge is 0.352 e. The Labute approximate surface area is 124 Å². The minimum absolute atomic E-state index is 0.0570. The van der Waals surface area contributed by atoms with E-state index in [1.807, 2.05) is 0 Å². The molecule has 0 aliphatic rings. The van der Waals surface area contributed by atoms with Gasteiger partial charge in [-0.2, -0.15) is 0 Å². The molecule has 0 heterocycles. The van der Waals surface area contributed by atoms with Crippen LogP contribution in [0.25, 0.3) is 0 Å². The van der Waals surface area contributed by atoms with Gasteiger partial charge in [-0.1, -0.05) is 13.8 Å². The first-order valence-corrected chi connectivity index (χ1v) is 7.20. The van der Waals surface area contributed by atoms with Gasteiger partial charge in [0.2, 0.25) is 5.91 Å². The van der Waals surface area contributed by atoms with Crippen LogP contribution >= 0.6 is 0 Å². The lowest BCUT2D eigenvalue weighted by Crippen LogP contribution is -2.41. The second-order valence-corrected chi connectivity index (χ2v) is 5.56. The maximum absolute atomic E-state index is 12.8. The first kappa shape index (κ1) is 17.3. The van der Waals surface area contributed by atoms with E-state index in [0.29, 0.717) is 18.0 Å². The van der Waals surface area contributed by atoms with Gasteiger partial charge >= 0.3 is 0 Å². The Kier molecular flexibility index (Phi) is 7.02. The molecule has 0 saturated carbocycles. The highest BCUT2D eigenvalue weighted by Gasteiger charge is 2.14. The van der Waals surface area contributed by atoms with E-state index in [0.717, 1.165) is 6.42 Å². The number of hydrogen-bond donors (Lipinski definition) is 2. The topological polar surface area (TPSA) is 72.2 Å². The van der Waals surface area contributed by atoms with Crippen LogP contribution in [0.15, 0.2) is 24.3 Å². The Hall–Kier alpha value is -1.75. The zero-order chi connectivity index (χ0) is 15.8. The van der Waals surface area contributed by atoms with E-state index in [4.69, 9.17) is 5.73 Å². The summed E-state index contributed by atoms with van der Waals surface area (Å²) >= 11 is 0. The number of carbonyl (C=O) groups excluding carboxylic acids is 2. The summed E-state index contributed by atoms with van der Waals surface area (Å²) in [5, 5.41) is 2.84. The fourth-order valence-electron chi connectivity index (χ4n) is 2.09. The molecule has 0 radical (unpaired) electrons. The molecule has 0 bridgehead atoms. The van der Waals surface area contributed by atoms with Crippen molar-refractivity contribution in [1.29, 1.82) is 0 Å². The highest BCUT2D eigenvalue weighted by atomic mass is 19.1. The van der Waals surface area contributed by atoms with Gasteiger partial charge < -0.3 is 11.1 Å². The zero-order valence-electron chi connectivity index (χ0n) is 12.6. The molecule has 0 spiro atoms. The van der Waals surface area contributed by atoms with Crippen molar-refractivity contribution in [3.8, 4) is 0 Å². The molecule has 1 amide bonds. The predicted octanol–water partition coefficient (Wildman–Crippen LogP) is 2.28. The molecule has 0 aliphatic heterocycles. The number of nitrogens with one attached hydrogen (secondary N) is 1. The van der Waals surface area contributed by atoms with Gasteiger partial charge in [-0.25, -0.2) is 4.39 Å². The number of benzene rings is 1. The number of hydrogen-bond acceptors (Lipinski definition) is 3. The standard InChI is InChI=1S/C16H23FN2O2/c1-11(2)9-14(10-18)19-16(21)8-7-15(20)12-3-5-13(17)6-4-12/h3-6,11,14H,7-10,18H2,1-2H3,(H,19,21). The normalized spacial score (nSPS) is 12.2. The average Bonchev–Trinajstić information content (AvgIpc) is 2.44. The summed E-state index contributed by atoms with van der Waals surface area (Å²) in [6.07, 6.45) is 1.04. The molecule has 116 valence electrons. The molecule has 1 unspecified atom stereocenters. The summed E-state index contributed by atoms with van der Waals surface area (Å²) in [6.45, 7) is 4.51. The van der Waals surface area contributed by atoms with E-state index in [1.54, 1.807) is 0 Å². The first-order chi connectivity index (χ1) is 9.92. The Morgan fingerprint density at radius 2 is 1.81 bits per heavy atom. The SMILES string of the molecule is CC(C)CC(CN)NC(=O)CCC(=O)c1ccc(F)cc1. The molecule has 0 saturated heterocycles. The first-order valence-electron chi connectivity index (χ1n) is 7.20. The minimum atomic E-state index is -0.385. The van der Waals surface area contributed by atoms with Crippen molar-refractivity contribution in [3.05, 3.63) is 35.6 Å². The average molecular weight is 294 g/mol. The maximum Gasteiger partial charge on any atom is 0.220 e. The van der Waals surface area contributed by atoms with Crippen molar-refractivity contribution >= 4 is 11.7 Å². The number of amides is 1. The molecule has 4 nitrogen and oxygen atoms in total. The lowest BCUT2D eigenvalue weighted by molar-refractivity contribution is -0.121. The second kappa shape index (κ2) is 8.52. The molecule has 1 aromatic rings. The van der Waals surface area contributed by atoms with Gasteiger partial charge in [0.15, 0.2) is 5.78 Å². The van der Waals surface area contributed by atoms with Gasteiger partial charge in [0.25, 0.3) is 0 Å². The number of nitrogens with two attached hydrogens (primary N) is 1. The smallest absolute Gasteiger partial charge is 0.220 e. The third kappa shape index (κ3) is 6.49. The fourth-order valence-corrected chi connectivity index (χ4v) is 2.09. The molecule has 5 heteroatoms. The molecule has 1 rings (SSSR count). The maximum atomic E-state index is 12.8.